The molecule has 0 aromatic carbocycles. The summed E-state index contributed by atoms with van der Waals surface area (Å²) in [5, 5.41) is 20.8. The summed E-state index contributed by atoms with van der Waals surface area (Å²) in [6.45, 7) is 4.87. The number of aliphatic hydroxyl groups is 2. The highest BCUT2D eigenvalue weighted by Gasteiger charge is 2.61. The molecular formula is C19H31BrO2. The lowest BCUT2D eigenvalue weighted by Gasteiger charge is -2.60. The fourth-order valence-corrected chi connectivity index (χ4v) is 8.19. The maximum atomic E-state index is 10.7. The van der Waals surface area contributed by atoms with Crippen LogP contribution in [0, 0.1) is 34.5 Å². The fourth-order valence-electron chi connectivity index (χ4n) is 7.18. The van der Waals surface area contributed by atoms with Crippen LogP contribution in [0.1, 0.15) is 65.2 Å². The van der Waals surface area contributed by atoms with E-state index in [2.05, 4.69) is 29.8 Å². The Bertz CT molecular complexity index is 455. The molecule has 4 aliphatic carbocycles. The van der Waals surface area contributed by atoms with Crippen molar-refractivity contribution in [1.29, 1.82) is 0 Å². The van der Waals surface area contributed by atoms with Crippen molar-refractivity contribution in [2.75, 3.05) is 0 Å². The van der Waals surface area contributed by atoms with E-state index in [0.29, 0.717) is 16.2 Å². The first-order chi connectivity index (χ1) is 10.4. The number of aliphatic hydroxyl groups excluding tert-OH is 2. The molecule has 4 fully saturated rings. The molecule has 4 rings (SSSR count). The Morgan fingerprint density at radius 3 is 2.36 bits per heavy atom. The maximum Gasteiger partial charge on any atom is 0.0721 e. The zero-order valence-corrected chi connectivity index (χ0v) is 15.6. The molecule has 0 aromatic heterocycles. The number of alkyl halides is 1. The highest BCUT2D eigenvalue weighted by Crippen LogP contribution is 2.66. The fraction of sp³-hybridized carbons (Fsp3) is 1.00. The van der Waals surface area contributed by atoms with Gasteiger partial charge >= 0.3 is 0 Å². The predicted molar refractivity (Wildman–Crippen MR) is 91.8 cm³/mol. The van der Waals surface area contributed by atoms with Crippen molar-refractivity contribution in [3.05, 3.63) is 0 Å². The van der Waals surface area contributed by atoms with E-state index in [1.165, 1.54) is 32.1 Å². The largest absolute Gasteiger partial charge is 0.393 e. The average molecular weight is 371 g/mol. The first kappa shape index (κ1) is 15.9. The van der Waals surface area contributed by atoms with Gasteiger partial charge in [0.1, 0.15) is 0 Å². The van der Waals surface area contributed by atoms with Gasteiger partial charge in [-0.1, -0.05) is 29.8 Å². The minimum Gasteiger partial charge on any atom is -0.393 e. The molecule has 2 N–H and O–H groups in total. The van der Waals surface area contributed by atoms with Crippen LogP contribution < -0.4 is 0 Å². The van der Waals surface area contributed by atoms with Crippen LogP contribution in [0.25, 0.3) is 0 Å². The van der Waals surface area contributed by atoms with Crippen LogP contribution in [-0.4, -0.2) is 27.2 Å². The molecule has 3 heteroatoms. The molecule has 0 aromatic rings. The third kappa shape index (κ3) is 2.04. The van der Waals surface area contributed by atoms with Gasteiger partial charge in [-0.3, -0.25) is 0 Å². The molecule has 0 amide bonds. The SMILES string of the molecule is C[C@]12CC[C@H](O)C[C@@H]1CC[C@@H]1[C@@H]2CC[C@]2(C)[C@@H](O)[C@@H](Br)C[C@@H]12. The quantitative estimate of drug-likeness (QED) is 0.629. The summed E-state index contributed by atoms with van der Waals surface area (Å²) in [6.07, 6.45) is 9.28. The van der Waals surface area contributed by atoms with Crippen LogP contribution in [0.5, 0.6) is 0 Å². The van der Waals surface area contributed by atoms with Gasteiger partial charge in [-0.2, -0.15) is 0 Å². The van der Waals surface area contributed by atoms with E-state index in [4.69, 9.17) is 0 Å². The van der Waals surface area contributed by atoms with Crippen LogP contribution in [0.2, 0.25) is 0 Å². The number of rotatable bonds is 0. The molecule has 9 atom stereocenters. The third-order valence-corrected chi connectivity index (χ3v) is 9.45. The minimum atomic E-state index is -0.169. The minimum absolute atomic E-state index is 0.0521. The Balaban J connectivity index is 1.63. The second-order valence-corrected chi connectivity index (χ2v) is 10.5. The molecule has 0 saturated heterocycles. The summed E-state index contributed by atoms with van der Waals surface area (Å²) < 4.78 is 0. The van der Waals surface area contributed by atoms with E-state index in [9.17, 15) is 10.2 Å². The van der Waals surface area contributed by atoms with Crippen molar-refractivity contribution in [3.63, 3.8) is 0 Å². The number of halogens is 1. The van der Waals surface area contributed by atoms with Gasteiger partial charge in [-0.25, -0.2) is 0 Å². The van der Waals surface area contributed by atoms with Crippen molar-refractivity contribution in [3.8, 4) is 0 Å². The molecule has 4 saturated carbocycles. The first-order valence-corrected chi connectivity index (χ1v) is 10.3. The summed E-state index contributed by atoms with van der Waals surface area (Å²) in [5.74, 6) is 3.04. The Kier molecular flexibility index (Phi) is 3.76. The standard InChI is InChI=1S/C19H31BrO2/c1-18-7-5-12(21)9-11(18)3-4-13-14(18)6-8-19(2)15(13)10-16(20)17(19)22/h11-17,21-22H,3-10H2,1-2H3/t11-,12-,13+,14-,15-,16-,17-,18-,19-/m0/s1. The molecule has 126 valence electrons. The van der Waals surface area contributed by atoms with Crippen molar-refractivity contribution < 1.29 is 10.2 Å². The highest BCUT2D eigenvalue weighted by atomic mass is 79.9. The average Bonchev–Trinajstić information content (AvgIpc) is 2.72. The molecule has 0 spiro atoms. The molecule has 2 nitrogen and oxygen atoms in total. The van der Waals surface area contributed by atoms with Crippen LogP contribution in [0.3, 0.4) is 0 Å². The van der Waals surface area contributed by atoms with Gasteiger partial charge in [0.2, 0.25) is 0 Å². The normalized spacial score (nSPS) is 61.2. The zero-order chi connectivity index (χ0) is 15.7. The number of hydrogen-bond donors (Lipinski definition) is 2. The van der Waals surface area contributed by atoms with Gasteiger partial charge in [0.05, 0.1) is 12.2 Å². The lowest BCUT2D eigenvalue weighted by atomic mass is 9.45. The topological polar surface area (TPSA) is 40.5 Å². The Morgan fingerprint density at radius 1 is 0.864 bits per heavy atom. The van der Waals surface area contributed by atoms with Gasteiger partial charge in [-0.05, 0) is 85.9 Å². The van der Waals surface area contributed by atoms with Crippen molar-refractivity contribution in [2.45, 2.75) is 82.2 Å². The Morgan fingerprint density at radius 2 is 1.59 bits per heavy atom. The maximum absolute atomic E-state index is 10.7. The lowest BCUT2D eigenvalue weighted by molar-refractivity contribution is -0.133. The molecule has 22 heavy (non-hydrogen) atoms. The molecular weight excluding hydrogens is 340 g/mol. The number of fused-ring (bicyclic) bond motifs is 5. The summed E-state index contributed by atoms with van der Waals surface area (Å²) >= 11 is 3.75. The molecule has 0 unspecified atom stereocenters. The Hall–Kier alpha value is 0.400. The molecule has 0 heterocycles. The first-order valence-electron chi connectivity index (χ1n) is 9.36. The molecule has 0 radical (unpaired) electrons. The van der Waals surface area contributed by atoms with Crippen molar-refractivity contribution >= 4 is 15.9 Å². The summed E-state index contributed by atoms with van der Waals surface area (Å²) in [6, 6.07) is 0. The summed E-state index contributed by atoms with van der Waals surface area (Å²) in [4.78, 5) is 0.292. The van der Waals surface area contributed by atoms with Crippen LogP contribution >= 0.6 is 15.9 Å². The summed E-state index contributed by atoms with van der Waals surface area (Å²) in [5.41, 5.74) is 0.575. The molecule has 0 aliphatic heterocycles. The predicted octanol–water partition coefficient (Wildman–Crippen LogP) is 4.12. The third-order valence-electron chi connectivity index (χ3n) is 8.57. The van der Waals surface area contributed by atoms with E-state index >= 15 is 0 Å². The van der Waals surface area contributed by atoms with Crippen LogP contribution in [0.15, 0.2) is 0 Å². The second kappa shape index (κ2) is 5.20. The lowest BCUT2D eigenvalue weighted by Crippen LogP contribution is -2.54. The van der Waals surface area contributed by atoms with Gasteiger partial charge < -0.3 is 10.2 Å². The van der Waals surface area contributed by atoms with Crippen LogP contribution in [-0.2, 0) is 0 Å². The zero-order valence-electron chi connectivity index (χ0n) is 14.0. The Labute approximate surface area is 143 Å². The van der Waals surface area contributed by atoms with Gasteiger partial charge in [-0.15, -0.1) is 0 Å². The summed E-state index contributed by atoms with van der Waals surface area (Å²) in [7, 11) is 0. The van der Waals surface area contributed by atoms with E-state index in [0.717, 1.165) is 37.0 Å². The van der Waals surface area contributed by atoms with Gasteiger partial charge in [0.25, 0.3) is 0 Å². The van der Waals surface area contributed by atoms with Crippen LogP contribution in [0.4, 0.5) is 0 Å². The molecule has 0 bridgehead atoms. The monoisotopic (exact) mass is 370 g/mol. The highest BCUT2D eigenvalue weighted by molar-refractivity contribution is 9.09. The van der Waals surface area contributed by atoms with Crippen molar-refractivity contribution in [1.82, 2.24) is 0 Å². The molecule has 4 aliphatic rings. The van der Waals surface area contributed by atoms with E-state index in [1.54, 1.807) is 0 Å². The second-order valence-electron chi connectivity index (χ2n) is 9.33. The van der Waals surface area contributed by atoms with Gasteiger partial charge in [0, 0.05) is 4.83 Å². The van der Waals surface area contributed by atoms with E-state index in [-0.39, 0.29) is 17.6 Å². The van der Waals surface area contributed by atoms with E-state index in [1.807, 2.05) is 0 Å². The van der Waals surface area contributed by atoms with E-state index < -0.39 is 0 Å². The van der Waals surface area contributed by atoms with Gasteiger partial charge in [0.15, 0.2) is 0 Å². The smallest absolute Gasteiger partial charge is 0.0721 e. The number of hydrogen-bond acceptors (Lipinski definition) is 2. The van der Waals surface area contributed by atoms with Crippen molar-refractivity contribution in [2.24, 2.45) is 34.5 Å².